The largest absolute Gasteiger partial charge is 0.401 e. The molecule has 0 atom stereocenters. The number of fused-ring (bicyclic) bond motifs is 1. The minimum Gasteiger partial charge on any atom is -0.358 e. The molecule has 208 valence electrons. The predicted molar refractivity (Wildman–Crippen MR) is 136 cm³/mol. The van der Waals surface area contributed by atoms with Gasteiger partial charge in [0.25, 0.3) is 5.91 Å². The number of carbonyl (C=O) groups is 2. The van der Waals surface area contributed by atoms with Gasteiger partial charge in [0, 0.05) is 36.3 Å². The number of benzene rings is 1. The summed E-state index contributed by atoms with van der Waals surface area (Å²) in [5.74, 6) is -2.02. The van der Waals surface area contributed by atoms with Crippen molar-refractivity contribution in [1.29, 1.82) is 0 Å². The molecule has 4 aromatic rings. The normalized spacial score (nSPS) is 17.0. The maximum atomic E-state index is 14.9. The molecule has 0 radical (unpaired) electrons. The van der Waals surface area contributed by atoms with E-state index >= 15 is 0 Å². The number of nitrogens with one attached hydrogen (secondary N) is 3. The lowest BCUT2D eigenvalue weighted by molar-refractivity contribution is -0.165. The van der Waals surface area contributed by atoms with Gasteiger partial charge in [0.15, 0.2) is 11.6 Å². The van der Waals surface area contributed by atoms with Gasteiger partial charge in [0.05, 0.1) is 12.5 Å². The molecule has 9 nitrogen and oxygen atoms in total. The van der Waals surface area contributed by atoms with Crippen LogP contribution in [0.3, 0.4) is 0 Å². The first-order valence-electron chi connectivity index (χ1n) is 12.6. The highest BCUT2D eigenvalue weighted by Crippen LogP contribution is 2.59. The Morgan fingerprint density at radius 2 is 1.93 bits per heavy atom. The second-order valence-corrected chi connectivity index (χ2v) is 10.4. The summed E-state index contributed by atoms with van der Waals surface area (Å²) in [4.78, 5) is 34.4. The average molecular weight is 557 g/mol. The molecule has 1 aromatic carbocycles. The van der Waals surface area contributed by atoms with Gasteiger partial charge in [-0.1, -0.05) is 17.3 Å². The van der Waals surface area contributed by atoms with E-state index in [1.54, 1.807) is 24.4 Å². The molecule has 13 heteroatoms. The molecule has 3 N–H and O–H groups in total. The molecule has 3 aromatic heterocycles. The van der Waals surface area contributed by atoms with Crippen LogP contribution in [0.1, 0.15) is 34.7 Å². The summed E-state index contributed by atoms with van der Waals surface area (Å²) < 4.78 is 59.6. The van der Waals surface area contributed by atoms with Crippen LogP contribution < -0.4 is 10.6 Å². The number of aromatic amines is 1. The smallest absolute Gasteiger partial charge is 0.358 e. The molecule has 1 saturated carbocycles. The first-order valence-corrected chi connectivity index (χ1v) is 12.6. The number of likely N-dealkylation sites (N-methyl/N-ethyl adjacent to an activating group) is 1. The van der Waals surface area contributed by atoms with Gasteiger partial charge in [0.1, 0.15) is 22.6 Å². The Bertz CT molecular complexity index is 1620. The Morgan fingerprint density at radius 1 is 1.15 bits per heavy atom. The molecule has 1 aliphatic heterocycles. The monoisotopic (exact) mass is 556 g/mol. The van der Waals surface area contributed by atoms with E-state index in [1.807, 2.05) is 7.05 Å². The molecule has 1 aliphatic carbocycles. The summed E-state index contributed by atoms with van der Waals surface area (Å²) in [5, 5.41) is 9.52. The summed E-state index contributed by atoms with van der Waals surface area (Å²) >= 11 is 0. The highest BCUT2D eigenvalue weighted by molar-refractivity contribution is 5.98. The van der Waals surface area contributed by atoms with Crippen molar-refractivity contribution in [3.8, 4) is 11.1 Å². The lowest BCUT2D eigenvalue weighted by Gasteiger charge is -2.36. The van der Waals surface area contributed by atoms with Gasteiger partial charge in [-0.3, -0.25) is 9.59 Å². The van der Waals surface area contributed by atoms with Crippen molar-refractivity contribution < 1.29 is 31.7 Å². The van der Waals surface area contributed by atoms with Gasteiger partial charge in [-0.05, 0) is 49.2 Å². The van der Waals surface area contributed by atoms with Crippen LogP contribution in [0, 0.1) is 5.82 Å². The summed E-state index contributed by atoms with van der Waals surface area (Å²) in [6.45, 7) is 1.59. The number of pyridine rings is 1. The van der Waals surface area contributed by atoms with E-state index in [2.05, 4.69) is 30.7 Å². The number of alkyl halides is 3. The minimum absolute atomic E-state index is 0.0928. The Morgan fingerprint density at radius 3 is 2.60 bits per heavy atom. The van der Waals surface area contributed by atoms with E-state index < -0.39 is 23.3 Å². The fraction of sp³-hybridized carbons (Fsp3) is 0.333. The van der Waals surface area contributed by atoms with E-state index in [1.165, 1.54) is 12.1 Å². The van der Waals surface area contributed by atoms with E-state index in [0.717, 1.165) is 19.2 Å². The highest BCUT2D eigenvalue weighted by atomic mass is 19.4. The number of hydrogen-bond acceptors (Lipinski definition) is 6. The first-order chi connectivity index (χ1) is 19.0. The summed E-state index contributed by atoms with van der Waals surface area (Å²) in [6.07, 6.45) is -3.47. The standard InChI is InChI=1S/C27H24F4N6O3/c1-37-12-18(13-37)33-25(39)20-8-16-6-17(11-32-24(16)34-20)14-2-3-15(19(28)7-14)9-23(38)35-22-10-21(40-36-22)26(4-5-26)27(29,30)31/h2-3,6-8,10-11,18H,4-5,9,12-13H2,1H3,(H,32,34)(H,33,39)(H,35,36,38). The molecular formula is C27H24F4N6O3. The molecule has 6 rings (SSSR count). The Hall–Kier alpha value is -4.26. The third kappa shape index (κ3) is 4.81. The van der Waals surface area contributed by atoms with Gasteiger partial charge < -0.3 is 25.0 Å². The average Bonchev–Trinajstić information content (AvgIpc) is 3.40. The maximum Gasteiger partial charge on any atom is 0.401 e. The molecule has 0 spiro atoms. The Labute approximate surface area is 224 Å². The first kappa shape index (κ1) is 26.0. The zero-order valence-corrected chi connectivity index (χ0v) is 21.2. The second-order valence-electron chi connectivity index (χ2n) is 10.4. The van der Waals surface area contributed by atoms with Crippen molar-refractivity contribution in [3.05, 3.63) is 65.4 Å². The lowest BCUT2D eigenvalue weighted by Crippen LogP contribution is -2.57. The molecule has 0 unspecified atom stereocenters. The molecule has 2 fully saturated rings. The SMILES string of the molecule is CN1CC(NC(=O)c2cc3cc(-c4ccc(CC(=O)Nc5cc(C6(C(F)(F)F)CC6)on5)c(F)c4)cnc3[nH]2)C1. The van der Waals surface area contributed by atoms with E-state index in [9.17, 15) is 27.2 Å². The van der Waals surface area contributed by atoms with E-state index in [-0.39, 0.29) is 48.4 Å². The number of anilines is 1. The number of likely N-dealkylation sites (tertiary alicyclic amines) is 1. The fourth-order valence-electron chi connectivity index (χ4n) is 4.93. The molecule has 4 heterocycles. The number of rotatable bonds is 7. The highest BCUT2D eigenvalue weighted by Gasteiger charge is 2.66. The second kappa shape index (κ2) is 9.44. The van der Waals surface area contributed by atoms with Crippen LogP contribution in [-0.4, -0.2) is 64.2 Å². The molecule has 2 aliphatic rings. The third-order valence-electron chi connectivity index (χ3n) is 7.39. The molecule has 1 saturated heterocycles. The Kier molecular flexibility index (Phi) is 6.13. The van der Waals surface area contributed by atoms with Gasteiger partial charge in [0.2, 0.25) is 5.91 Å². The zero-order valence-electron chi connectivity index (χ0n) is 21.2. The minimum atomic E-state index is -4.47. The van der Waals surface area contributed by atoms with Gasteiger partial charge in [-0.15, -0.1) is 0 Å². The third-order valence-corrected chi connectivity index (χ3v) is 7.39. The maximum absolute atomic E-state index is 14.9. The van der Waals surface area contributed by atoms with Crippen LogP contribution in [0.4, 0.5) is 23.4 Å². The van der Waals surface area contributed by atoms with Crippen molar-refractivity contribution in [2.24, 2.45) is 0 Å². The predicted octanol–water partition coefficient (Wildman–Crippen LogP) is 4.18. The van der Waals surface area contributed by atoms with Crippen molar-refractivity contribution in [1.82, 2.24) is 25.3 Å². The van der Waals surface area contributed by atoms with E-state index in [0.29, 0.717) is 27.9 Å². The van der Waals surface area contributed by atoms with Crippen LogP contribution in [0.15, 0.2) is 47.1 Å². The van der Waals surface area contributed by atoms with Crippen LogP contribution in [0.5, 0.6) is 0 Å². The van der Waals surface area contributed by atoms with Gasteiger partial charge >= 0.3 is 6.18 Å². The van der Waals surface area contributed by atoms with Crippen LogP contribution in [-0.2, 0) is 16.6 Å². The number of hydrogen-bond donors (Lipinski definition) is 3. The zero-order chi connectivity index (χ0) is 28.2. The lowest BCUT2D eigenvalue weighted by atomic mass is 10.0. The number of H-pyrrole nitrogens is 1. The molecule has 0 bridgehead atoms. The molecule has 40 heavy (non-hydrogen) atoms. The van der Waals surface area contributed by atoms with Crippen molar-refractivity contribution in [2.75, 3.05) is 25.5 Å². The van der Waals surface area contributed by atoms with Gasteiger partial charge in [-0.2, -0.15) is 13.2 Å². The van der Waals surface area contributed by atoms with Crippen molar-refractivity contribution >= 4 is 28.7 Å². The van der Waals surface area contributed by atoms with Crippen molar-refractivity contribution in [2.45, 2.75) is 36.9 Å². The molecular weight excluding hydrogens is 532 g/mol. The number of amides is 2. The summed E-state index contributed by atoms with van der Waals surface area (Å²) in [5.41, 5.74) is 0.0745. The summed E-state index contributed by atoms with van der Waals surface area (Å²) in [7, 11) is 1.97. The topological polar surface area (TPSA) is 116 Å². The summed E-state index contributed by atoms with van der Waals surface area (Å²) in [6, 6.07) is 9.00. The Balaban J connectivity index is 1.11. The quantitative estimate of drug-likeness (QED) is 0.294. The fourth-order valence-corrected chi connectivity index (χ4v) is 4.93. The number of halogens is 4. The number of aromatic nitrogens is 3. The number of nitrogens with zero attached hydrogens (tertiary/aromatic N) is 3. The number of carbonyl (C=O) groups excluding carboxylic acids is 2. The molecule has 2 amide bonds. The van der Waals surface area contributed by atoms with Crippen molar-refractivity contribution in [3.63, 3.8) is 0 Å². The van der Waals surface area contributed by atoms with Gasteiger partial charge in [-0.25, -0.2) is 9.37 Å². The van der Waals surface area contributed by atoms with E-state index in [4.69, 9.17) is 4.52 Å². The van der Waals surface area contributed by atoms with Crippen LogP contribution >= 0.6 is 0 Å². The van der Waals surface area contributed by atoms with Crippen LogP contribution in [0.25, 0.3) is 22.2 Å². The van der Waals surface area contributed by atoms with Crippen LogP contribution in [0.2, 0.25) is 0 Å².